The summed E-state index contributed by atoms with van der Waals surface area (Å²) >= 11 is 0. The third-order valence-corrected chi connectivity index (χ3v) is 9.31. The average Bonchev–Trinajstić information content (AvgIpc) is 3.03. The number of hydrogen-bond donors (Lipinski definition) is 5. The number of ether oxygens (including phenoxy) is 3. The maximum atomic E-state index is 13.8. The van der Waals surface area contributed by atoms with Crippen LogP contribution in [0.15, 0.2) is 48.5 Å². The van der Waals surface area contributed by atoms with Gasteiger partial charge in [-0.3, -0.25) is 19.2 Å². The van der Waals surface area contributed by atoms with Crippen LogP contribution in [-0.2, 0) is 31.9 Å². The molecule has 1 saturated heterocycles. The summed E-state index contributed by atoms with van der Waals surface area (Å²) in [5, 5.41) is 48.3. The second kappa shape index (κ2) is 12.2. The Kier molecular flexibility index (Phi) is 8.39. The molecule has 1 fully saturated rings. The van der Waals surface area contributed by atoms with Crippen molar-refractivity contribution in [3.05, 3.63) is 87.5 Å². The molecule has 1 amide bonds. The number of carbonyl (C=O) groups is 4. The van der Waals surface area contributed by atoms with E-state index in [2.05, 4.69) is 5.32 Å². The first kappa shape index (κ1) is 32.3. The van der Waals surface area contributed by atoms with Crippen LogP contribution in [-0.4, -0.2) is 80.9 Å². The van der Waals surface area contributed by atoms with E-state index < -0.39 is 82.6 Å². The molecule has 0 saturated carbocycles. The van der Waals surface area contributed by atoms with Gasteiger partial charge in [-0.15, -0.1) is 0 Å². The summed E-state index contributed by atoms with van der Waals surface area (Å²) in [6, 6.07) is 12.7. The van der Waals surface area contributed by atoms with E-state index in [0.717, 1.165) is 5.56 Å². The molecule has 6 rings (SSSR count). The molecule has 2 aliphatic carbocycles. The number of ketones is 3. The topological polar surface area (TPSA) is 189 Å². The molecule has 246 valence electrons. The Balaban J connectivity index is 1.36. The van der Waals surface area contributed by atoms with Gasteiger partial charge in [0.15, 0.2) is 17.9 Å². The van der Waals surface area contributed by atoms with Crippen LogP contribution >= 0.6 is 0 Å². The van der Waals surface area contributed by atoms with Crippen LogP contribution in [0.25, 0.3) is 0 Å². The number of benzene rings is 3. The molecule has 3 aromatic carbocycles. The van der Waals surface area contributed by atoms with Crippen molar-refractivity contribution in [2.75, 3.05) is 7.11 Å². The molecular weight excluding hydrogens is 610 g/mol. The number of hydrogen-bond acceptors (Lipinski definition) is 11. The summed E-state index contributed by atoms with van der Waals surface area (Å²) < 4.78 is 17.5. The molecule has 0 aromatic heterocycles. The fourth-order valence-corrected chi connectivity index (χ4v) is 6.81. The molecule has 5 N–H and O–H groups in total. The van der Waals surface area contributed by atoms with E-state index in [1.165, 1.54) is 32.2 Å². The predicted molar refractivity (Wildman–Crippen MR) is 164 cm³/mol. The van der Waals surface area contributed by atoms with Crippen LogP contribution in [0.3, 0.4) is 0 Å². The van der Waals surface area contributed by atoms with E-state index >= 15 is 0 Å². The van der Waals surface area contributed by atoms with Gasteiger partial charge in [0, 0.05) is 36.0 Å². The summed E-state index contributed by atoms with van der Waals surface area (Å²) in [5.41, 5.74) is -2.52. The van der Waals surface area contributed by atoms with Crippen molar-refractivity contribution in [1.29, 1.82) is 0 Å². The third kappa shape index (κ3) is 5.57. The molecule has 0 bridgehead atoms. The van der Waals surface area contributed by atoms with Gasteiger partial charge in [0.2, 0.25) is 11.7 Å². The van der Waals surface area contributed by atoms with Gasteiger partial charge < -0.3 is 40.0 Å². The second-order valence-electron chi connectivity index (χ2n) is 12.3. The number of phenols is 2. The number of aliphatic hydroxyl groups excluding tert-OH is 1. The quantitative estimate of drug-likeness (QED) is 0.186. The third-order valence-electron chi connectivity index (χ3n) is 9.31. The van der Waals surface area contributed by atoms with E-state index in [9.17, 15) is 39.6 Å². The van der Waals surface area contributed by atoms with Gasteiger partial charge in [-0.1, -0.05) is 42.5 Å². The van der Waals surface area contributed by atoms with E-state index in [1.54, 1.807) is 19.1 Å². The summed E-state index contributed by atoms with van der Waals surface area (Å²) in [7, 11) is 1.33. The Morgan fingerprint density at radius 2 is 1.70 bits per heavy atom. The first-order chi connectivity index (χ1) is 22.3. The van der Waals surface area contributed by atoms with Crippen molar-refractivity contribution in [3.63, 3.8) is 0 Å². The summed E-state index contributed by atoms with van der Waals surface area (Å²) in [6.07, 6.45) is -5.18. The zero-order valence-electron chi connectivity index (χ0n) is 26.0. The van der Waals surface area contributed by atoms with Crippen molar-refractivity contribution >= 4 is 23.3 Å². The molecule has 4 unspecified atom stereocenters. The molecule has 12 nitrogen and oxygen atoms in total. The van der Waals surface area contributed by atoms with Gasteiger partial charge in [-0.05, 0) is 25.5 Å². The molecule has 6 atom stereocenters. The van der Waals surface area contributed by atoms with Crippen molar-refractivity contribution in [2.45, 2.75) is 75.8 Å². The summed E-state index contributed by atoms with van der Waals surface area (Å²) in [6.45, 7) is 2.76. The normalized spacial score (nSPS) is 26.5. The summed E-state index contributed by atoms with van der Waals surface area (Å²) in [5.74, 6) is -3.70. The number of aromatic hydroxyl groups is 2. The van der Waals surface area contributed by atoms with Crippen LogP contribution in [0.1, 0.15) is 81.3 Å². The maximum Gasteiger partial charge on any atom is 0.224 e. The molecule has 1 aliphatic heterocycles. The first-order valence-corrected chi connectivity index (χ1v) is 15.3. The molecule has 0 radical (unpaired) electrons. The number of Topliss-reactive ketones (excluding diaryl/α,β-unsaturated/α-hetero) is 1. The lowest BCUT2D eigenvalue weighted by Gasteiger charge is -2.42. The van der Waals surface area contributed by atoms with Gasteiger partial charge in [0.1, 0.15) is 29.0 Å². The van der Waals surface area contributed by atoms with Crippen molar-refractivity contribution < 1.29 is 53.8 Å². The molecule has 12 heteroatoms. The zero-order chi connectivity index (χ0) is 33.8. The van der Waals surface area contributed by atoms with Crippen molar-refractivity contribution in [1.82, 2.24) is 5.32 Å². The Morgan fingerprint density at radius 1 is 1.00 bits per heavy atom. The van der Waals surface area contributed by atoms with Gasteiger partial charge in [-0.25, -0.2) is 0 Å². The molecular formula is C35H35NO11. The van der Waals surface area contributed by atoms with Gasteiger partial charge in [0.25, 0.3) is 0 Å². The minimum Gasteiger partial charge on any atom is -0.507 e. The lowest BCUT2D eigenvalue weighted by molar-refractivity contribution is -0.249. The predicted octanol–water partition coefficient (Wildman–Crippen LogP) is 2.43. The Bertz CT molecular complexity index is 1790. The van der Waals surface area contributed by atoms with Crippen molar-refractivity contribution in [3.8, 4) is 17.2 Å². The highest BCUT2D eigenvalue weighted by molar-refractivity contribution is 6.31. The fraction of sp³-hybridized carbons (Fsp3) is 0.371. The molecule has 3 aromatic rings. The van der Waals surface area contributed by atoms with Crippen LogP contribution in [0.5, 0.6) is 17.2 Å². The number of rotatable bonds is 7. The van der Waals surface area contributed by atoms with E-state index in [0.29, 0.717) is 0 Å². The number of amides is 1. The Hall–Kier alpha value is -4.62. The highest BCUT2D eigenvalue weighted by Crippen LogP contribution is 2.52. The molecule has 0 spiro atoms. The number of methoxy groups -OCH3 is 1. The van der Waals surface area contributed by atoms with Crippen LogP contribution in [0, 0.1) is 0 Å². The smallest absolute Gasteiger partial charge is 0.224 e. The number of nitrogens with one attached hydrogen (secondary N) is 1. The monoisotopic (exact) mass is 645 g/mol. The average molecular weight is 646 g/mol. The van der Waals surface area contributed by atoms with E-state index in [-0.39, 0.29) is 53.2 Å². The highest BCUT2D eigenvalue weighted by atomic mass is 16.7. The van der Waals surface area contributed by atoms with Crippen LogP contribution in [0.2, 0.25) is 0 Å². The standard InChI is InChI=1S/C35H35NO11/c1-16-30(39)21(36-24(38)12-18-8-5-4-6-9-18)13-25(46-16)47-23-15-35(44,17(2)37)14-20-27(23)34(43)29-28(32(20)41)31(40)19-10-7-11-22(45-3)26(19)33(29)42/h4-11,16,21,23,25,30,39,41,43-44H,12-15H2,1-3H3,(H,36,38)/t16?,21?,23-,25?,30?,35-/m0/s1. The maximum absolute atomic E-state index is 13.8. The van der Waals surface area contributed by atoms with Crippen LogP contribution in [0.4, 0.5) is 0 Å². The minimum atomic E-state index is -2.07. The van der Waals surface area contributed by atoms with Crippen molar-refractivity contribution in [2.24, 2.45) is 0 Å². The fourth-order valence-electron chi connectivity index (χ4n) is 6.81. The van der Waals surface area contributed by atoms with Crippen LogP contribution < -0.4 is 10.1 Å². The molecule has 3 aliphatic rings. The lowest BCUT2D eigenvalue weighted by Crippen LogP contribution is -2.56. The largest absolute Gasteiger partial charge is 0.507 e. The van der Waals surface area contributed by atoms with E-state index in [1.807, 2.05) is 18.2 Å². The molecule has 1 heterocycles. The minimum absolute atomic E-state index is 0.0366. The van der Waals surface area contributed by atoms with Gasteiger partial charge >= 0.3 is 0 Å². The number of carbonyl (C=O) groups excluding carboxylic acids is 4. The first-order valence-electron chi connectivity index (χ1n) is 15.3. The Labute approximate surface area is 269 Å². The highest BCUT2D eigenvalue weighted by Gasteiger charge is 2.49. The Morgan fingerprint density at radius 3 is 2.38 bits per heavy atom. The zero-order valence-corrected chi connectivity index (χ0v) is 26.0. The molecule has 47 heavy (non-hydrogen) atoms. The number of phenolic OH excluding ortho intramolecular Hbond substituents is 2. The van der Waals surface area contributed by atoms with E-state index in [4.69, 9.17) is 14.2 Å². The second-order valence-corrected chi connectivity index (χ2v) is 12.3. The van der Waals surface area contributed by atoms with Gasteiger partial charge in [-0.2, -0.15) is 0 Å². The SMILES string of the molecule is COc1cccc2c1C(=O)c1c(O)c3c(c(O)c1C2=O)C[C@@](O)(C(C)=O)C[C@@H]3OC1CC(NC(=O)Cc2ccccc2)C(O)C(C)O1. The number of fused-ring (bicyclic) bond motifs is 3. The number of aliphatic hydroxyl groups is 2. The lowest BCUT2D eigenvalue weighted by atomic mass is 9.72. The van der Waals surface area contributed by atoms with Gasteiger partial charge in [0.05, 0.1) is 48.5 Å². The summed E-state index contributed by atoms with van der Waals surface area (Å²) in [4.78, 5) is 53.1.